The number of nitrogens with one attached hydrogen (secondary N) is 1. The summed E-state index contributed by atoms with van der Waals surface area (Å²) in [5, 5.41) is 9.04. The summed E-state index contributed by atoms with van der Waals surface area (Å²) in [4.78, 5) is 0. The number of nitrogens with two attached hydrogens (primary N) is 1. The highest BCUT2D eigenvalue weighted by atomic mass is 32.2. The first-order valence-electron chi connectivity index (χ1n) is 3.45. The number of rotatable bonds is 2. The first kappa shape index (κ1) is 9.66. The van der Waals surface area contributed by atoms with Gasteiger partial charge in [-0.3, -0.25) is 4.72 Å². The zero-order chi connectivity index (χ0) is 10.1. The van der Waals surface area contributed by atoms with E-state index in [-0.39, 0.29) is 17.1 Å². The molecule has 0 aliphatic rings. The SMILES string of the molecule is CS(=O)(=O)Nc1cc(O)ccc1N. The lowest BCUT2D eigenvalue weighted by Crippen LogP contribution is -2.10. The molecule has 72 valence electrons. The molecule has 6 heteroatoms. The molecule has 0 spiro atoms. The molecule has 0 amide bonds. The van der Waals surface area contributed by atoms with Crippen molar-refractivity contribution in [1.82, 2.24) is 0 Å². The van der Waals surface area contributed by atoms with Crippen LogP contribution in [0, 0.1) is 0 Å². The molecule has 0 fully saturated rings. The average molecular weight is 202 g/mol. The number of hydrogen-bond acceptors (Lipinski definition) is 4. The highest BCUT2D eigenvalue weighted by molar-refractivity contribution is 7.92. The highest BCUT2D eigenvalue weighted by Gasteiger charge is 2.05. The van der Waals surface area contributed by atoms with Gasteiger partial charge in [0, 0.05) is 6.07 Å². The Morgan fingerprint density at radius 2 is 2.08 bits per heavy atom. The van der Waals surface area contributed by atoms with Crippen molar-refractivity contribution in [3.8, 4) is 5.75 Å². The van der Waals surface area contributed by atoms with Crippen LogP contribution in [0.4, 0.5) is 11.4 Å². The van der Waals surface area contributed by atoms with Gasteiger partial charge in [-0.1, -0.05) is 0 Å². The molecular weight excluding hydrogens is 192 g/mol. The summed E-state index contributed by atoms with van der Waals surface area (Å²) in [6.07, 6.45) is 1.01. The van der Waals surface area contributed by atoms with E-state index in [9.17, 15) is 8.42 Å². The van der Waals surface area contributed by atoms with Gasteiger partial charge in [0.2, 0.25) is 10.0 Å². The van der Waals surface area contributed by atoms with Gasteiger partial charge in [0.05, 0.1) is 17.6 Å². The summed E-state index contributed by atoms with van der Waals surface area (Å²) in [5.74, 6) is -0.0413. The van der Waals surface area contributed by atoms with Crippen LogP contribution in [-0.4, -0.2) is 19.8 Å². The minimum atomic E-state index is -3.36. The topological polar surface area (TPSA) is 92.4 Å². The molecule has 0 heterocycles. The number of aromatic hydroxyl groups is 1. The fraction of sp³-hybridized carbons (Fsp3) is 0.143. The van der Waals surface area contributed by atoms with Crippen LogP contribution in [0.15, 0.2) is 18.2 Å². The van der Waals surface area contributed by atoms with Crippen LogP contribution in [0.2, 0.25) is 0 Å². The van der Waals surface area contributed by atoms with E-state index in [0.717, 1.165) is 6.26 Å². The molecule has 0 saturated carbocycles. The zero-order valence-electron chi connectivity index (χ0n) is 6.98. The van der Waals surface area contributed by atoms with E-state index in [1.165, 1.54) is 18.2 Å². The Morgan fingerprint density at radius 3 is 2.62 bits per heavy atom. The number of anilines is 2. The maximum Gasteiger partial charge on any atom is 0.229 e. The van der Waals surface area contributed by atoms with Crippen molar-refractivity contribution >= 4 is 21.4 Å². The lowest BCUT2D eigenvalue weighted by atomic mass is 10.2. The molecule has 0 aliphatic carbocycles. The van der Waals surface area contributed by atoms with Crippen molar-refractivity contribution in [3.63, 3.8) is 0 Å². The maximum absolute atomic E-state index is 10.8. The molecule has 0 saturated heterocycles. The maximum atomic E-state index is 10.8. The van der Waals surface area contributed by atoms with Gasteiger partial charge in [-0.15, -0.1) is 0 Å². The second-order valence-electron chi connectivity index (χ2n) is 2.65. The fourth-order valence-corrected chi connectivity index (χ4v) is 1.41. The van der Waals surface area contributed by atoms with Crippen LogP contribution in [-0.2, 0) is 10.0 Å². The molecule has 0 bridgehead atoms. The molecule has 13 heavy (non-hydrogen) atoms. The number of phenols is 1. The van der Waals surface area contributed by atoms with Crippen molar-refractivity contribution < 1.29 is 13.5 Å². The van der Waals surface area contributed by atoms with Crippen LogP contribution < -0.4 is 10.5 Å². The standard InChI is InChI=1S/C7H10N2O3S/c1-13(11,12)9-7-4-5(10)2-3-6(7)8/h2-4,9-10H,8H2,1H3. The van der Waals surface area contributed by atoms with Gasteiger partial charge in [0.25, 0.3) is 0 Å². The van der Waals surface area contributed by atoms with Gasteiger partial charge in [-0.05, 0) is 12.1 Å². The summed E-state index contributed by atoms with van der Waals surface area (Å²) >= 11 is 0. The number of nitrogen functional groups attached to an aromatic ring is 1. The molecule has 0 radical (unpaired) electrons. The van der Waals surface area contributed by atoms with Gasteiger partial charge in [-0.25, -0.2) is 8.42 Å². The third-order valence-corrected chi connectivity index (χ3v) is 1.92. The lowest BCUT2D eigenvalue weighted by Gasteiger charge is -2.06. The first-order chi connectivity index (χ1) is 5.88. The molecule has 1 aromatic rings. The van der Waals surface area contributed by atoms with E-state index >= 15 is 0 Å². The summed E-state index contributed by atoms with van der Waals surface area (Å²) in [6, 6.07) is 4.04. The average Bonchev–Trinajstić information content (AvgIpc) is 1.94. The lowest BCUT2D eigenvalue weighted by molar-refractivity contribution is 0.476. The molecular formula is C7H10N2O3S. The summed E-state index contributed by atoms with van der Waals surface area (Å²) in [7, 11) is -3.36. The number of hydrogen-bond donors (Lipinski definition) is 3. The van der Waals surface area contributed by atoms with E-state index < -0.39 is 10.0 Å². The molecule has 0 unspecified atom stereocenters. The Bertz CT molecular complexity index is 414. The minimum absolute atomic E-state index is 0.0413. The third-order valence-electron chi connectivity index (χ3n) is 1.33. The van der Waals surface area contributed by atoms with E-state index in [0.29, 0.717) is 0 Å². The van der Waals surface area contributed by atoms with Crippen molar-refractivity contribution in [2.45, 2.75) is 0 Å². The second kappa shape index (κ2) is 3.14. The predicted molar refractivity (Wildman–Crippen MR) is 51.0 cm³/mol. The van der Waals surface area contributed by atoms with E-state index in [4.69, 9.17) is 10.8 Å². The second-order valence-corrected chi connectivity index (χ2v) is 4.39. The monoisotopic (exact) mass is 202 g/mol. The quantitative estimate of drug-likeness (QED) is 0.476. The Labute approximate surface area is 76.2 Å². The van der Waals surface area contributed by atoms with E-state index in [1.807, 2.05) is 0 Å². The van der Waals surface area contributed by atoms with Gasteiger partial charge in [-0.2, -0.15) is 0 Å². The Hall–Kier alpha value is -1.43. The van der Waals surface area contributed by atoms with Gasteiger partial charge in [0.15, 0.2) is 0 Å². The van der Waals surface area contributed by atoms with E-state index in [1.54, 1.807) is 0 Å². The van der Waals surface area contributed by atoms with Crippen molar-refractivity contribution in [1.29, 1.82) is 0 Å². The van der Waals surface area contributed by atoms with Crippen molar-refractivity contribution in [2.24, 2.45) is 0 Å². The largest absolute Gasteiger partial charge is 0.508 e. The first-order valence-corrected chi connectivity index (χ1v) is 5.34. The molecule has 0 atom stereocenters. The molecule has 4 N–H and O–H groups in total. The molecule has 1 aromatic carbocycles. The zero-order valence-corrected chi connectivity index (χ0v) is 7.80. The van der Waals surface area contributed by atoms with Crippen LogP contribution in [0.3, 0.4) is 0 Å². The number of phenolic OH excluding ortho intramolecular Hbond substituents is 1. The number of benzene rings is 1. The number of sulfonamides is 1. The summed E-state index contributed by atoms with van der Waals surface area (Å²) in [6.45, 7) is 0. The Balaban J connectivity index is 3.08. The van der Waals surface area contributed by atoms with Gasteiger partial charge >= 0.3 is 0 Å². The normalized spacial score (nSPS) is 11.2. The van der Waals surface area contributed by atoms with Crippen LogP contribution in [0.5, 0.6) is 5.75 Å². The summed E-state index contributed by atoms with van der Waals surface area (Å²) in [5.41, 5.74) is 5.91. The van der Waals surface area contributed by atoms with Crippen molar-refractivity contribution in [2.75, 3.05) is 16.7 Å². The van der Waals surface area contributed by atoms with Gasteiger partial charge < -0.3 is 10.8 Å². The molecule has 0 aliphatic heterocycles. The smallest absolute Gasteiger partial charge is 0.229 e. The Kier molecular flexibility index (Phi) is 2.33. The molecule has 5 nitrogen and oxygen atoms in total. The van der Waals surface area contributed by atoms with Crippen LogP contribution in [0.25, 0.3) is 0 Å². The van der Waals surface area contributed by atoms with E-state index in [2.05, 4.69) is 4.72 Å². The van der Waals surface area contributed by atoms with Crippen LogP contribution in [0.1, 0.15) is 0 Å². The summed E-state index contributed by atoms with van der Waals surface area (Å²) < 4.78 is 23.8. The van der Waals surface area contributed by atoms with Gasteiger partial charge in [0.1, 0.15) is 5.75 Å². The third kappa shape index (κ3) is 2.83. The molecule has 0 aromatic heterocycles. The van der Waals surface area contributed by atoms with Crippen LogP contribution >= 0.6 is 0 Å². The minimum Gasteiger partial charge on any atom is -0.508 e. The van der Waals surface area contributed by atoms with Crippen molar-refractivity contribution in [3.05, 3.63) is 18.2 Å². The highest BCUT2D eigenvalue weighted by Crippen LogP contribution is 2.23. The fourth-order valence-electron chi connectivity index (χ4n) is 0.832. The molecule has 1 rings (SSSR count). The Morgan fingerprint density at radius 1 is 1.46 bits per heavy atom. The predicted octanol–water partition coefficient (Wildman–Crippen LogP) is 0.346.